The average molecular weight is 220 g/mol. The standard InChI is InChI=1S/C12H16N2O2/c1-12(2,3)16-11(15)8-9(13)10-6-4-5-7-14-10/h4-8H,13H2,1-3H3/b9-8+. The maximum absolute atomic E-state index is 11.4. The van der Waals surface area contributed by atoms with E-state index in [2.05, 4.69) is 4.98 Å². The summed E-state index contributed by atoms with van der Waals surface area (Å²) in [5.74, 6) is -0.462. The van der Waals surface area contributed by atoms with Crippen molar-refractivity contribution in [2.24, 2.45) is 5.73 Å². The van der Waals surface area contributed by atoms with Gasteiger partial charge in [-0.3, -0.25) is 4.98 Å². The van der Waals surface area contributed by atoms with Crippen LogP contribution < -0.4 is 5.73 Å². The Morgan fingerprint density at radius 3 is 2.62 bits per heavy atom. The van der Waals surface area contributed by atoms with Crippen LogP contribution >= 0.6 is 0 Å². The Balaban J connectivity index is 2.75. The number of aromatic nitrogens is 1. The molecule has 1 heterocycles. The summed E-state index contributed by atoms with van der Waals surface area (Å²) in [6.07, 6.45) is 2.86. The van der Waals surface area contributed by atoms with Crippen molar-refractivity contribution in [1.82, 2.24) is 4.98 Å². The molecule has 0 saturated heterocycles. The average Bonchev–Trinajstić information content (AvgIpc) is 2.16. The van der Waals surface area contributed by atoms with Crippen molar-refractivity contribution in [3.63, 3.8) is 0 Å². The Labute approximate surface area is 95.1 Å². The molecule has 4 heteroatoms. The highest BCUT2D eigenvalue weighted by Gasteiger charge is 2.15. The van der Waals surface area contributed by atoms with Crippen molar-refractivity contribution >= 4 is 11.7 Å². The van der Waals surface area contributed by atoms with Gasteiger partial charge in [-0.2, -0.15) is 0 Å². The lowest BCUT2D eigenvalue weighted by atomic mass is 10.2. The van der Waals surface area contributed by atoms with E-state index in [-0.39, 0.29) is 0 Å². The molecule has 1 aromatic heterocycles. The van der Waals surface area contributed by atoms with E-state index in [1.54, 1.807) is 45.2 Å². The highest BCUT2D eigenvalue weighted by molar-refractivity contribution is 5.90. The zero-order valence-electron chi connectivity index (χ0n) is 9.73. The number of carbonyl (C=O) groups is 1. The van der Waals surface area contributed by atoms with Gasteiger partial charge in [-0.15, -0.1) is 0 Å². The van der Waals surface area contributed by atoms with Gasteiger partial charge in [-0.1, -0.05) is 6.07 Å². The van der Waals surface area contributed by atoms with E-state index in [4.69, 9.17) is 10.5 Å². The maximum Gasteiger partial charge on any atom is 0.333 e. The molecule has 4 nitrogen and oxygen atoms in total. The summed E-state index contributed by atoms with van der Waals surface area (Å²) in [5, 5.41) is 0. The molecule has 0 radical (unpaired) electrons. The van der Waals surface area contributed by atoms with Crippen molar-refractivity contribution in [2.75, 3.05) is 0 Å². The lowest BCUT2D eigenvalue weighted by Gasteiger charge is -2.18. The molecule has 86 valence electrons. The van der Waals surface area contributed by atoms with Crippen LogP contribution in [0.25, 0.3) is 5.70 Å². The third-order valence-corrected chi connectivity index (χ3v) is 1.64. The van der Waals surface area contributed by atoms with Crippen molar-refractivity contribution in [2.45, 2.75) is 26.4 Å². The van der Waals surface area contributed by atoms with Crippen molar-refractivity contribution < 1.29 is 9.53 Å². The Morgan fingerprint density at radius 1 is 1.44 bits per heavy atom. The second kappa shape index (κ2) is 4.79. The van der Waals surface area contributed by atoms with Gasteiger partial charge in [0.15, 0.2) is 0 Å². The molecular weight excluding hydrogens is 204 g/mol. The van der Waals surface area contributed by atoms with E-state index in [0.29, 0.717) is 11.4 Å². The summed E-state index contributed by atoms with van der Waals surface area (Å²) in [4.78, 5) is 15.5. The van der Waals surface area contributed by atoms with E-state index < -0.39 is 11.6 Å². The zero-order valence-corrected chi connectivity index (χ0v) is 9.73. The smallest absolute Gasteiger partial charge is 0.333 e. The van der Waals surface area contributed by atoms with Crippen molar-refractivity contribution in [1.29, 1.82) is 0 Å². The number of pyridine rings is 1. The summed E-state index contributed by atoms with van der Waals surface area (Å²) in [6.45, 7) is 5.40. The second-order valence-corrected chi connectivity index (χ2v) is 4.35. The molecule has 2 N–H and O–H groups in total. The van der Waals surface area contributed by atoms with Gasteiger partial charge in [0.25, 0.3) is 0 Å². The predicted octanol–water partition coefficient (Wildman–Crippen LogP) is 1.72. The minimum absolute atomic E-state index is 0.301. The number of ether oxygens (including phenoxy) is 1. The Bertz CT molecular complexity index is 391. The number of hydrogen-bond acceptors (Lipinski definition) is 4. The fraction of sp³-hybridized carbons (Fsp3) is 0.333. The second-order valence-electron chi connectivity index (χ2n) is 4.35. The molecular formula is C12H16N2O2. The van der Waals surface area contributed by atoms with Crippen LogP contribution in [0.5, 0.6) is 0 Å². The first kappa shape index (κ1) is 12.2. The van der Waals surface area contributed by atoms with Crippen LogP contribution in [0, 0.1) is 0 Å². The molecule has 0 aromatic carbocycles. The molecule has 0 saturated carbocycles. The van der Waals surface area contributed by atoms with E-state index in [1.807, 2.05) is 0 Å². The largest absolute Gasteiger partial charge is 0.457 e. The molecule has 0 amide bonds. The van der Waals surface area contributed by atoms with E-state index in [1.165, 1.54) is 6.08 Å². The minimum atomic E-state index is -0.516. The van der Waals surface area contributed by atoms with Crippen LogP contribution in [0.2, 0.25) is 0 Å². The highest BCUT2D eigenvalue weighted by atomic mass is 16.6. The summed E-state index contributed by atoms with van der Waals surface area (Å²) >= 11 is 0. The summed E-state index contributed by atoms with van der Waals surface area (Å²) in [5.41, 5.74) is 6.06. The molecule has 0 aliphatic heterocycles. The number of carbonyl (C=O) groups excluding carboxylic acids is 1. The molecule has 0 fully saturated rings. The van der Waals surface area contributed by atoms with E-state index >= 15 is 0 Å². The van der Waals surface area contributed by atoms with E-state index in [9.17, 15) is 4.79 Å². The van der Waals surface area contributed by atoms with Gasteiger partial charge in [0.2, 0.25) is 0 Å². The Morgan fingerprint density at radius 2 is 2.12 bits per heavy atom. The number of nitrogens with two attached hydrogens (primary N) is 1. The topological polar surface area (TPSA) is 65.2 Å². The molecule has 1 rings (SSSR count). The van der Waals surface area contributed by atoms with Crippen LogP contribution in [0.4, 0.5) is 0 Å². The number of rotatable bonds is 2. The first-order valence-corrected chi connectivity index (χ1v) is 5.00. The molecule has 0 aliphatic carbocycles. The van der Waals surface area contributed by atoms with Crippen LogP contribution in [-0.2, 0) is 9.53 Å². The quantitative estimate of drug-likeness (QED) is 0.609. The molecule has 1 aromatic rings. The molecule has 16 heavy (non-hydrogen) atoms. The van der Waals surface area contributed by atoms with Gasteiger partial charge in [0.05, 0.1) is 11.4 Å². The summed E-state index contributed by atoms with van der Waals surface area (Å²) in [6, 6.07) is 5.32. The monoisotopic (exact) mass is 220 g/mol. The normalized spacial score (nSPS) is 12.3. The van der Waals surface area contributed by atoms with Crippen LogP contribution in [0.3, 0.4) is 0 Å². The Hall–Kier alpha value is -1.84. The summed E-state index contributed by atoms with van der Waals surface area (Å²) in [7, 11) is 0. The third-order valence-electron chi connectivity index (χ3n) is 1.64. The molecule has 0 unspecified atom stereocenters. The van der Waals surface area contributed by atoms with Crippen molar-refractivity contribution in [3.05, 3.63) is 36.2 Å². The van der Waals surface area contributed by atoms with Crippen LogP contribution in [0.1, 0.15) is 26.5 Å². The van der Waals surface area contributed by atoms with Gasteiger partial charge in [0, 0.05) is 12.3 Å². The lowest BCUT2D eigenvalue weighted by Crippen LogP contribution is -2.23. The first-order chi connectivity index (χ1) is 7.38. The number of esters is 1. The molecule has 0 atom stereocenters. The van der Waals surface area contributed by atoms with Gasteiger partial charge in [-0.25, -0.2) is 4.79 Å². The predicted molar refractivity (Wildman–Crippen MR) is 62.2 cm³/mol. The van der Waals surface area contributed by atoms with Crippen molar-refractivity contribution in [3.8, 4) is 0 Å². The highest BCUT2D eigenvalue weighted by Crippen LogP contribution is 2.09. The van der Waals surface area contributed by atoms with Gasteiger partial charge in [-0.05, 0) is 32.9 Å². The summed E-state index contributed by atoms with van der Waals surface area (Å²) < 4.78 is 5.11. The molecule has 0 bridgehead atoms. The first-order valence-electron chi connectivity index (χ1n) is 5.00. The Kier molecular flexibility index (Phi) is 3.66. The SMILES string of the molecule is CC(C)(C)OC(=O)/C=C(/N)c1ccccn1. The maximum atomic E-state index is 11.4. The third kappa shape index (κ3) is 4.13. The minimum Gasteiger partial charge on any atom is -0.457 e. The number of hydrogen-bond donors (Lipinski definition) is 1. The zero-order chi connectivity index (χ0) is 12.2. The molecule has 0 spiro atoms. The fourth-order valence-corrected chi connectivity index (χ4v) is 1.07. The number of nitrogens with zero attached hydrogens (tertiary/aromatic N) is 1. The fourth-order valence-electron chi connectivity index (χ4n) is 1.07. The van der Waals surface area contributed by atoms with Gasteiger partial charge >= 0.3 is 5.97 Å². The van der Waals surface area contributed by atoms with Gasteiger partial charge in [0.1, 0.15) is 5.60 Å². The lowest BCUT2D eigenvalue weighted by molar-refractivity contribution is -0.148. The molecule has 0 aliphatic rings. The van der Waals surface area contributed by atoms with Crippen LogP contribution in [0.15, 0.2) is 30.5 Å². The van der Waals surface area contributed by atoms with Gasteiger partial charge < -0.3 is 10.5 Å². The van der Waals surface area contributed by atoms with E-state index in [0.717, 1.165) is 0 Å². The van der Waals surface area contributed by atoms with Crippen LogP contribution in [-0.4, -0.2) is 16.6 Å².